The maximum Gasteiger partial charge on any atom is 0.229 e. The van der Waals surface area contributed by atoms with Gasteiger partial charge in [-0.25, -0.2) is 4.98 Å². The number of ether oxygens (including phenoxy) is 2. The van der Waals surface area contributed by atoms with Gasteiger partial charge in [0.1, 0.15) is 11.6 Å². The summed E-state index contributed by atoms with van der Waals surface area (Å²) in [5, 5.41) is 3.87. The Morgan fingerprint density at radius 2 is 1.82 bits per heavy atom. The van der Waals surface area contributed by atoms with Crippen molar-refractivity contribution in [3.8, 4) is 17.0 Å². The molecule has 1 aliphatic heterocycles. The van der Waals surface area contributed by atoms with E-state index in [1.807, 2.05) is 42.5 Å². The SMILES string of the molecule is COc1ccc(Cl)cc1Nc1nc(-c2ccccc2)cc(N2CCOCC2)n1. The second kappa shape index (κ2) is 8.46. The molecule has 144 valence electrons. The molecule has 1 saturated heterocycles. The molecule has 6 nitrogen and oxygen atoms in total. The van der Waals surface area contributed by atoms with Crippen LogP contribution in [0.25, 0.3) is 11.3 Å². The summed E-state index contributed by atoms with van der Waals surface area (Å²) in [6.07, 6.45) is 0. The van der Waals surface area contributed by atoms with Gasteiger partial charge in [0.2, 0.25) is 5.95 Å². The van der Waals surface area contributed by atoms with Crippen LogP contribution in [0.5, 0.6) is 5.75 Å². The molecule has 0 amide bonds. The van der Waals surface area contributed by atoms with Crippen LogP contribution in [0.4, 0.5) is 17.5 Å². The largest absolute Gasteiger partial charge is 0.495 e. The van der Waals surface area contributed by atoms with Crippen molar-refractivity contribution < 1.29 is 9.47 Å². The van der Waals surface area contributed by atoms with Crippen LogP contribution in [0, 0.1) is 0 Å². The maximum absolute atomic E-state index is 6.16. The van der Waals surface area contributed by atoms with Gasteiger partial charge in [0.05, 0.1) is 31.7 Å². The highest BCUT2D eigenvalue weighted by molar-refractivity contribution is 6.31. The molecule has 0 unspecified atom stereocenters. The first-order chi connectivity index (χ1) is 13.7. The smallest absolute Gasteiger partial charge is 0.229 e. The van der Waals surface area contributed by atoms with E-state index in [4.69, 9.17) is 31.0 Å². The van der Waals surface area contributed by atoms with Gasteiger partial charge in [-0.1, -0.05) is 41.9 Å². The Morgan fingerprint density at radius 1 is 1.04 bits per heavy atom. The summed E-state index contributed by atoms with van der Waals surface area (Å²) in [5.74, 6) is 2.02. The first kappa shape index (κ1) is 18.5. The molecular weight excluding hydrogens is 376 g/mol. The molecule has 2 aromatic carbocycles. The topological polar surface area (TPSA) is 59.5 Å². The summed E-state index contributed by atoms with van der Waals surface area (Å²) in [7, 11) is 1.62. The summed E-state index contributed by atoms with van der Waals surface area (Å²) in [6.45, 7) is 2.97. The van der Waals surface area contributed by atoms with Crippen LogP contribution in [0.3, 0.4) is 0 Å². The van der Waals surface area contributed by atoms with Crippen LogP contribution >= 0.6 is 11.6 Å². The first-order valence-corrected chi connectivity index (χ1v) is 9.48. The number of morpholine rings is 1. The van der Waals surface area contributed by atoms with Crippen molar-refractivity contribution in [2.24, 2.45) is 0 Å². The Hall–Kier alpha value is -2.83. The lowest BCUT2D eigenvalue weighted by atomic mass is 10.1. The van der Waals surface area contributed by atoms with Crippen molar-refractivity contribution >= 4 is 29.1 Å². The third-order valence-corrected chi connectivity index (χ3v) is 4.76. The molecule has 1 N–H and O–H groups in total. The third-order valence-electron chi connectivity index (χ3n) is 4.53. The number of halogens is 1. The molecule has 3 aromatic rings. The van der Waals surface area contributed by atoms with E-state index in [9.17, 15) is 0 Å². The Balaban J connectivity index is 1.74. The van der Waals surface area contributed by atoms with E-state index in [0.29, 0.717) is 35.6 Å². The summed E-state index contributed by atoms with van der Waals surface area (Å²) in [4.78, 5) is 11.7. The van der Waals surface area contributed by atoms with E-state index in [-0.39, 0.29) is 0 Å². The molecule has 7 heteroatoms. The maximum atomic E-state index is 6.16. The first-order valence-electron chi connectivity index (χ1n) is 9.11. The summed E-state index contributed by atoms with van der Waals surface area (Å²) >= 11 is 6.16. The molecule has 0 saturated carbocycles. The number of nitrogens with zero attached hydrogens (tertiary/aromatic N) is 3. The summed E-state index contributed by atoms with van der Waals surface area (Å²) in [5.41, 5.74) is 2.59. The lowest BCUT2D eigenvalue weighted by Crippen LogP contribution is -2.36. The van der Waals surface area contributed by atoms with Crippen molar-refractivity contribution in [1.29, 1.82) is 0 Å². The van der Waals surface area contributed by atoms with E-state index >= 15 is 0 Å². The number of hydrogen-bond acceptors (Lipinski definition) is 6. The molecule has 0 atom stereocenters. The second-order valence-corrected chi connectivity index (χ2v) is 6.81. The van der Waals surface area contributed by atoms with Gasteiger partial charge in [-0.3, -0.25) is 0 Å². The number of nitrogens with one attached hydrogen (secondary N) is 1. The number of aromatic nitrogens is 2. The fourth-order valence-corrected chi connectivity index (χ4v) is 3.27. The standard InChI is InChI=1S/C21H21ClN4O2/c1-27-19-8-7-16(22)13-18(19)24-21-23-17(15-5-3-2-4-6-15)14-20(25-21)26-9-11-28-12-10-26/h2-8,13-14H,9-12H2,1H3,(H,23,24,25). The van der Waals surface area contributed by atoms with Gasteiger partial charge in [-0.2, -0.15) is 4.98 Å². The van der Waals surface area contributed by atoms with Gasteiger partial charge in [0.15, 0.2) is 0 Å². The zero-order chi connectivity index (χ0) is 19.3. The van der Waals surface area contributed by atoms with Crippen LogP contribution in [-0.4, -0.2) is 43.4 Å². The van der Waals surface area contributed by atoms with Crippen molar-refractivity contribution in [3.05, 3.63) is 59.6 Å². The number of benzene rings is 2. The van der Waals surface area contributed by atoms with Crippen LogP contribution < -0.4 is 15.0 Å². The predicted molar refractivity (Wildman–Crippen MR) is 112 cm³/mol. The third kappa shape index (κ3) is 4.18. The van der Waals surface area contributed by atoms with E-state index in [1.165, 1.54) is 0 Å². The Kier molecular flexibility index (Phi) is 5.60. The number of rotatable bonds is 5. The van der Waals surface area contributed by atoms with Gasteiger partial charge in [-0.05, 0) is 18.2 Å². The molecule has 1 aliphatic rings. The Morgan fingerprint density at radius 3 is 2.57 bits per heavy atom. The van der Waals surface area contributed by atoms with Crippen molar-refractivity contribution in [2.45, 2.75) is 0 Å². The molecular formula is C21H21ClN4O2. The minimum atomic E-state index is 0.489. The van der Waals surface area contributed by atoms with Crippen molar-refractivity contribution in [3.63, 3.8) is 0 Å². The van der Waals surface area contributed by atoms with Gasteiger partial charge >= 0.3 is 0 Å². The normalized spacial score (nSPS) is 14.0. The molecule has 4 rings (SSSR count). The molecule has 0 bridgehead atoms. The zero-order valence-electron chi connectivity index (χ0n) is 15.6. The highest BCUT2D eigenvalue weighted by Gasteiger charge is 2.16. The van der Waals surface area contributed by atoms with E-state index < -0.39 is 0 Å². The Labute approximate surface area is 169 Å². The summed E-state index contributed by atoms with van der Waals surface area (Å²) < 4.78 is 10.9. The highest BCUT2D eigenvalue weighted by Crippen LogP contribution is 2.31. The fourth-order valence-electron chi connectivity index (χ4n) is 3.10. The molecule has 28 heavy (non-hydrogen) atoms. The minimum absolute atomic E-state index is 0.489. The monoisotopic (exact) mass is 396 g/mol. The van der Waals surface area contributed by atoms with Crippen LogP contribution in [0.2, 0.25) is 5.02 Å². The van der Waals surface area contributed by atoms with Crippen LogP contribution in [-0.2, 0) is 4.74 Å². The second-order valence-electron chi connectivity index (χ2n) is 6.37. The average Bonchev–Trinajstić information content (AvgIpc) is 2.75. The van der Waals surface area contributed by atoms with Crippen molar-refractivity contribution in [1.82, 2.24) is 9.97 Å². The van der Waals surface area contributed by atoms with E-state index in [2.05, 4.69) is 10.2 Å². The Bertz CT molecular complexity index is 946. The van der Waals surface area contributed by atoms with Gasteiger partial charge in [-0.15, -0.1) is 0 Å². The van der Waals surface area contributed by atoms with Gasteiger partial charge < -0.3 is 19.7 Å². The van der Waals surface area contributed by atoms with E-state index in [0.717, 1.165) is 30.2 Å². The van der Waals surface area contributed by atoms with E-state index in [1.54, 1.807) is 19.2 Å². The van der Waals surface area contributed by atoms with Crippen LogP contribution in [0.15, 0.2) is 54.6 Å². The lowest BCUT2D eigenvalue weighted by Gasteiger charge is -2.28. The van der Waals surface area contributed by atoms with Crippen LogP contribution in [0.1, 0.15) is 0 Å². The molecule has 0 spiro atoms. The summed E-state index contributed by atoms with van der Waals surface area (Å²) in [6, 6.07) is 17.5. The molecule has 0 aliphatic carbocycles. The number of anilines is 3. The lowest BCUT2D eigenvalue weighted by molar-refractivity contribution is 0.122. The zero-order valence-corrected chi connectivity index (χ0v) is 16.3. The van der Waals surface area contributed by atoms with Gasteiger partial charge in [0.25, 0.3) is 0 Å². The fraction of sp³-hybridized carbons (Fsp3) is 0.238. The quantitative estimate of drug-likeness (QED) is 0.690. The molecule has 0 radical (unpaired) electrons. The molecule has 1 fully saturated rings. The molecule has 1 aromatic heterocycles. The minimum Gasteiger partial charge on any atom is -0.495 e. The molecule has 2 heterocycles. The predicted octanol–water partition coefficient (Wildman–Crippen LogP) is 4.39. The number of hydrogen-bond donors (Lipinski definition) is 1. The van der Waals surface area contributed by atoms with Gasteiger partial charge in [0, 0.05) is 29.7 Å². The average molecular weight is 397 g/mol. The van der Waals surface area contributed by atoms with Crippen molar-refractivity contribution in [2.75, 3.05) is 43.6 Å². The number of methoxy groups -OCH3 is 1. The highest BCUT2D eigenvalue weighted by atomic mass is 35.5.